The Morgan fingerprint density at radius 3 is 2.63 bits per heavy atom. The van der Waals surface area contributed by atoms with E-state index in [-0.39, 0.29) is 31.6 Å². The summed E-state index contributed by atoms with van der Waals surface area (Å²) in [4.78, 5) is 15.4. The second kappa shape index (κ2) is 7.19. The maximum absolute atomic E-state index is 12.9. The fourth-order valence-electron chi connectivity index (χ4n) is 5.39. The van der Waals surface area contributed by atoms with Crippen LogP contribution < -0.4 is 9.47 Å². The summed E-state index contributed by atoms with van der Waals surface area (Å²) in [5.74, 6) is 2.11. The molecule has 1 aromatic carbocycles. The van der Waals surface area contributed by atoms with Gasteiger partial charge in [0.25, 0.3) is 0 Å². The van der Waals surface area contributed by atoms with Gasteiger partial charge in [0, 0.05) is 6.54 Å². The molecule has 0 aromatic heterocycles. The second-order valence-electron chi connectivity index (χ2n) is 9.54. The van der Waals surface area contributed by atoms with Gasteiger partial charge in [0.05, 0.1) is 24.0 Å². The first-order chi connectivity index (χ1) is 13.8. The van der Waals surface area contributed by atoms with Crippen molar-refractivity contribution in [3.8, 4) is 11.5 Å². The number of hydrogen-bond donors (Lipinski definition) is 0. The van der Waals surface area contributed by atoms with Gasteiger partial charge in [-0.05, 0) is 75.9 Å². The zero-order valence-electron chi connectivity index (χ0n) is 17.6. The van der Waals surface area contributed by atoms with E-state index in [4.69, 9.17) is 18.9 Å². The van der Waals surface area contributed by atoms with Gasteiger partial charge in [-0.1, -0.05) is 7.43 Å². The van der Waals surface area contributed by atoms with Gasteiger partial charge in [-0.15, -0.1) is 0 Å². The van der Waals surface area contributed by atoms with Crippen LogP contribution in [-0.2, 0) is 20.7 Å². The third-order valence-corrected chi connectivity index (χ3v) is 6.81. The fourth-order valence-corrected chi connectivity index (χ4v) is 5.39. The van der Waals surface area contributed by atoms with Crippen LogP contribution in [0.1, 0.15) is 58.1 Å². The van der Waals surface area contributed by atoms with E-state index in [0.29, 0.717) is 0 Å². The van der Waals surface area contributed by atoms with E-state index in [9.17, 15) is 4.79 Å². The number of carbonyl (C=O) groups excluding carboxylic acids is 1. The van der Waals surface area contributed by atoms with Crippen LogP contribution in [-0.4, -0.2) is 49.5 Å². The first kappa shape index (κ1) is 21.0. The molecule has 0 amide bonds. The zero-order chi connectivity index (χ0) is 20.4. The monoisotopic (exact) mass is 415 g/mol. The summed E-state index contributed by atoms with van der Waals surface area (Å²) >= 11 is 0. The minimum absolute atomic E-state index is 0. The van der Waals surface area contributed by atoms with Crippen molar-refractivity contribution < 1.29 is 23.7 Å². The molecule has 3 aliphatic heterocycles. The summed E-state index contributed by atoms with van der Waals surface area (Å²) in [6.07, 6.45) is 4.89. The molecule has 4 aliphatic rings. The molecule has 3 heterocycles. The lowest BCUT2D eigenvalue weighted by molar-refractivity contribution is -0.159. The van der Waals surface area contributed by atoms with Crippen molar-refractivity contribution in [1.29, 1.82) is 0 Å². The normalized spacial score (nSPS) is 29.1. The van der Waals surface area contributed by atoms with Crippen molar-refractivity contribution in [3.63, 3.8) is 0 Å². The quantitative estimate of drug-likeness (QED) is 0.680. The molecule has 1 unspecified atom stereocenters. The zero-order valence-corrected chi connectivity index (χ0v) is 17.6. The van der Waals surface area contributed by atoms with Crippen LogP contribution in [0.2, 0.25) is 0 Å². The highest BCUT2D eigenvalue weighted by Crippen LogP contribution is 2.55. The van der Waals surface area contributed by atoms with Crippen molar-refractivity contribution in [2.75, 3.05) is 27.0 Å². The third kappa shape index (κ3) is 2.99. The highest BCUT2D eigenvalue weighted by Gasteiger charge is 2.58. The second-order valence-corrected chi connectivity index (χ2v) is 9.54. The van der Waals surface area contributed by atoms with Gasteiger partial charge in [0.2, 0.25) is 6.79 Å². The Labute approximate surface area is 179 Å². The summed E-state index contributed by atoms with van der Waals surface area (Å²) in [6, 6.07) is 4.22. The lowest BCUT2D eigenvalue weighted by Gasteiger charge is -2.39. The summed E-state index contributed by atoms with van der Waals surface area (Å²) in [7, 11) is 1.67. The molecule has 3 atom stereocenters. The first-order valence-electron chi connectivity index (χ1n) is 10.5. The predicted molar refractivity (Wildman–Crippen MR) is 114 cm³/mol. The molecule has 30 heavy (non-hydrogen) atoms. The van der Waals surface area contributed by atoms with Gasteiger partial charge in [-0.3, -0.25) is 9.69 Å². The summed E-state index contributed by atoms with van der Waals surface area (Å²) < 4.78 is 23.3. The van der Waals surface area contributed by atoms with Crippen molar-refractivity contribution >= 4 is 5.97 Å². The first-order valence-corrected chi connectivity index (χ1v) is 10.5. The Kier molecular flexibility index (Phi) is 5.04. The van der Waals surface area contributed by atoms with E-state index in [0.717, 1.165) is 49.6 Å². The van der Waals surface area contributed by atoms with Crippen molar-refractivity contribution in [2.24, 2.45) is 5.41 Å². The van der Waals surface area contributed by atoms with Crippen molar-refractivity contribution in [1.82, 2.24) is 4.90 Å². The van der Waals surface area contributed by atoms with Crippen LogP contribution in [0.4, 0.5) is 0 Å². The Bertz CT molecular complexity index is 886. The molecule has 0 N–H and O–H groups in total. The highest BCUT2D eigenvalue weighted by atomic mass is 16.7. The molecule has 0 radical (unpaired) electrons. The van der Waals surface area contributed by atoms with Gasteiger partial charge in [-0.25, -0.2) is 0 Å². The van der Waals surface area contributed by atoms with Gasteiger partial charge in [-0.2, -0.15) is 0 Å². The number of esters is 1. The van der Waals surface area contributed by atoms with E-state index in [1.54, 1.807) is 7.11 Å². The number of rotatable bonds is 2. The minimum Gasteiger partial charge on any atom is -0.497 e. The van der Waals surface area contributed by atoms with Crippen molar-refractivity contribution in [2.45, 2.75) is 65.0 Å². The number of fused-ring (bicyclic) bond motifs is 3. The molecule has 1 spiro atoms. The van der Waals surface area contributed by atoms with E-state index in [2.05, 4.69) is 23.1 Å². The standard InChI is InChI=1S/C23H29NO5.CH4/c1-22(2,3)21(25)29-20-18(26-4)12-23-7-5-8-24(23)9-6-14-10-16-17(28-13-27-16)11-15(14)19(20)23;/h10-12,19-20H,5-9,13H2,1-4H3;1H4/t19-,20?,23+;/m1./s1. The molecule has 1 aliphatic carbocycles. The summed E-state index contributed by atoms with van der Waals surface area (Å²) in [5.41, 5.74) is 1.67. The van der Waals surface area contributed by atoms with Crippen LogP contribution in [0.15, 0.2) is 24.0 Å². The molecule has 1 aromatic rings. The number of methoxy groups -OCH3 is 1. The van der Waals surface area contributed by atoms with Crippen LogP contribution in [0.3, 0.4) is 0 Å². The minimum atomic E-state index is -0.577. The maximum Gasteiger partial charge on any atom is 0.311 e. The molecule has 0 bridgehead atoms. The number of ether oxygens (including phenoxy) is 4. The van der Waals surface area contributed by atoms with Crippen LogP contribution in [0.25, 0.3) is 0 Å². The van der Waals surface area contributed by atoms with Gasteiger partial charge in [0.1, 0.15) is 5.76 Å². The lowest BCUT2D eigenvalue weighted by Crippen LogP contribution is -2.47. The molecule has 164 valence electrons. The third-order valence-electron chi connectivity index (χ3n) is 6.81. The van der Waals surface area contributed by atoms with E-state index < -0.39 is 11.5 Å². The number of carbonyl (C=O) groups is 1. The molecule has 1 saturated heterocycles. The molecular weight excluding hydrogens is 382 g/mol. The van der Waals surface area contributed by atoms with E-state index in [1.807, 2.05) is 20.8 Å². The number of hydrogen-bond acceptors (Lipinski definition) is 6. The van der Waals surface area contributed by atoms with Crippen LogP contribution in [0, 0.1) is 5.41 Å². The van der Waals surface area contributed by atoms with Gasteiger partial charge >= 0.3 is 5.97 Å². The Morgan fingerprint density at radius 1 is 1.20 bits per heavy atom. The van der Waals surface area contributed by atoms with Crippen molar-refractivity contribution in [3.05, 3.63) is 35.1 Å². The highest BCUT2D eigenvalue weighted by molar-refractivity contribution is 5.76. The molecular formula is C24H33NO5. The molecule has 0 saturated carbocycles. The van der Waals surface area contributed by atoms with Gasteiger partial charge < -0.3 is 18.9 Å². The Hall–Kier alpha value is -2.21. The topological polar surface area (TPSA) is 57.2 Å². The average Bonchev–Trinajstić information content (AvgIpc) is 3.35. The van der Waals surface area contributed by atoms with Gasteiger partial charge in [0.15, 0.2) is 17.6 Å². The lowest BCUT2D eigenvalue weighted by atomic mass is 9.77. The largest absolute Gasteiger partial charge is 0.497 e. The van der Waals surface area contributed by atoms with Crippen LogP contribution in [0.5, 0.6) is 11.5 Å². The number of nitrogens with zero attached hydrogens (tertiary/aromatic N) is 1. The Morgan fingerprint density at radius 2 is 1.93 bits per heavy atom. The molecule has 1 fully saturated rings. The smallest absolute Gasteiger partial charge is 0.311 e. The van der Waals surface area contributed by atoms with E-state index >= 15 is 0 Å². The maximum atomic E-state index is 12.9. The molecule has 5 rings (SSSR count). The fraction of sp³-hybridized carbons (Fsp3) is 0.625. The molecule has 6 heteroatoms. The summed E-state index contributed by atoms with van der Waals surface area (Å²) in [6.45, 7) is 7.93. The Balaban J connectivity index is 0.00000218. The molecule has 6 nitrogen and oxygen atoms in total. The summed E-state index contributed by atoms with van der Waals surface area (Å²) in [5, 5.41) is 0. The average molecular weight is 416 g/mol. The SMILES string of the molecule is C.COC1=C[C@]23CCCN2CCc2cc4c(cc2[C@@H]3C1OC(=O)C(C)(C)C)OCO4. The van der Waals surface area contributed by atoms with Crippen LogP contribution >= 0.6 is 0 Å². The predicted octanol–water partition coefficient (Wildman–Crippen LogP) is 4.03. The number of benzene rings is 1. The van der Waals surface area contributed by atoms with E-state index in [1.165, 1.54) is 11.1 Å².